The number of nitrogens with zero attached hydrogens (tertiary/aromatic N) is 1. The Labute approximate surface area is 98.0 Å². The second kappa shape index (κ2) is 5.15. The zero-order valence-electron chi connectivity index (χ0n) is 10.8. The maximum atomic E-state index is 10.9. The highest BCUT2D eigenvalue weighted by Crippen LogP contribution is 2.33. The Morgan fingerprint density at radius 1 is 1.56 bits per heavy atom. The number of aliphatic carboxylic acids is 1. The zero-order valence-corrected chi connectivity index (χ0v) is 10.8. The highest BCUT2D eigenvalue weighted by Gasteiger charge is 2.33. The molecule has 1 aliphatic heterocycles. The molecule has 4 nitrogen and oxygen atoms in total. The predicted octanol–water partition coefficient (Wildman–Crippen LogP) is 1.03. The van der Waals surface area contributed by atoms with Crippen molar-refractivity contribution in [1.82, 2.24) is 10.2 Å². The van der Waals surface area contributed by atoms with Crippen LogP contribution in [0.2, 0.25) is 0 Å². The van der Waals surface area contributed by atoms with Gasteiger partial charge in [-0.05, 0) is 31.3 Å². The van der Waals surface area contributed by atoms with E-state index >= 15 is 0 Å². The van der Waals surface area contributed by atoms with Gasteiger partial charge in [0.25, 0.3) is 0 Å². The molecule has 0 aromatic rings. The molecule has 1 saturated heterocycles. The van der Waals surface area contributed by atoms with Crippen LogP contribution in [0.1, 0.15) is 27.2 Å². The molecule has 1 rings (SSSR count). The van der Waals surface area contributed by atoms with Crippen molar-refractivity contribution in [3.8, 4) is 0 Å². The van der Waals surface area contributed by atoms with E-state index in [-0.39, 0.29) is 0 Å². The minimum absolute atomic E-state index is 0.327. The van der Waals surface area contributed by atoms with Gasteiger partial charge in [0.1, 0.15) is 6.04 Å². The van der Waals surface area contributed by atoms with E-state index < -0.39 is 12.0 Å². The molecular weight excluding hydrogens is 204 g/mol. The molecule has 0 spiro atoms. The molecule has 0 amide bonds. The lowest BCUT2D eigenvalue weighted by Gasteiger charge is -2.27. The third-order valence-electron chi connectivity index (χ3n) is 3.58. The van der Waals surface area contributed by atoms with Crippen molar-refractivity contribution in [1.29, 1.82) is 0 Å². The number of carbonyl (C=O) groups is 1. The summed E-state index contributed by atoms with van der Waals surface area (Å²) in [5.41, 5.74) is 0.327. The molecule has 16 heavy (non-hydrogen) atoms. The average molecular weight is 228 g/mol. The predicted molar refractivity (Wildman–Crippen MR) is 64.5 cm³/mol. The molecule has 0 aromatic carbocycles. The van der Waals surface area contributed by atoms with Crippen molar-refractivity contribution in [2.24, 2.45) is 11.3 Å². The molecular formula is C12H24N2O2. The maximum absolute atomic E-state index is 10.9. The SMILES string of the molecule is CNC(CN1CCC(C(C)(C)C)C1)C(=O)O. The first kappa shape index (κ1) is 13.5. The van der Waals surface area contributed by atoms with Crippen molar-refractivity contribution >= 4 is 5.97 Å². The van der Waals surface area contributed by atoms with Gasteiger partial charge < -0.3 is 15.3 Å². The Morgan fingerprint density at radius 3 is 2.56 bits per heavy atom. The van der Waals surface area contributed by atoms with Crippen molar-refractivity contribution in [3.05, 3.63) is 0 Å². The van der Waals surface area contributed by atoms with Gasteiger partial charge in [-0.15, -0.1) is 0 Å². The Bertz CT molecular complexity index is 248. The van der Waals surface area contributed by atoms with Gasteiger partial charge in [0, 0.05) is 13.1 Å². The van der Waals surface area contributed by atoms with Gasteiger partial charge in [-0.2, -0.15) is 0 Å². The fourth-order valence-corrected chi connectivity index (χ4v) is 2.26. The Hall–Kier alpha value is -0.610. The van der Waals surface area contributed by atoms with Crippen LogP contribution in [0.4, 0.5) is 0 Å². The van der Waals surface area contributed by atoms with E-state index in [1.807, 2.05) is 0 Å². The molecule has 0 bridgehead atoms. The lowest BCUT2D eigenvalue weighted by atomic mass is 9.80. The molecule has 0 radical (unpaired) electrons. The topological polar surface area (TPSA) is 52.6 Å². The van der Waals surface area contributed by atoms with Crippen LogP contribution in [-0.2, 0) is 4.79 Å². The normalized spacial score (nSPS) is 24.6. The number of carboxylic acids is 1. The van der Waals surface area contributed by atoms with Crippen molar-refractivity contribution < 1.29 is 9.90 Å². The minimum Gasteiger partial charge on any atom is -0.480 e. The molecule has 1 fully saturated rings. The summed E-state index contributed by atoms with van der Waals surface area (Å²) in [4.78, 5) is 13.2. The number of rotatable bonds is 4. The van der Waals surface area contributed by atoms with E-state index in [1.54, 1.807) is 7.05 Å². The monoisotopic (exact) mass is 228 g/mol. The van der Waals surface area contributed by atoms with Crippen molar-refractivity contribution in [2.75, 3.05) is 26.7 Å². The van der Waals surface area contributed by atoms with Crippen molar-refractivity contribution in [3.63, 3.8) is 0 Å². The van der Waals surface area contributed by atoms with E-state index in [9.17, 15) is 4.79 Å². The minimum atomic E-state index is -0.762. The summed E-state index contributed by atoms with van der Waals surface area (Å²) < 4.78 is 0. The van der Waals surface area contributed by atoms with Crippen LogP contribution in [0.3, 0.4) is 0 Å². The Balaban J connectivity index is 2.45. The second-order valence-corrected chi connectivity index (χ2v) is 5.79. The first-order chi connectivity index (χ1) is 7.34. The summed E-state index contributed by atoms with van der Waals surface area (Å²) in [6.45, 7) is 9.43. The highest BCUT2D eigenvalue weighted by molar-refractivity contribution is 5.73. The summed E-state index contributed by atoms with van der Waals surface area (Å²) in [5.74, 6) is -0.0829. The molecule has 0 saturated carbocycles. The number of hydrogen-bond donors (Lipinski definition) is 2. The van der Waals surface area contributed by atoms with Crippen LogP contribution in [0.5, 0.6) is 0 Å². The van der Waals surface area contributed by atoms with Gasteiger partial charge in [-0.3, -0.25) is 4.79 Å². The fraction of sp³-hybridized carbons (Fsp3) is 0.917. The number of hydrogen-bond acceptors (Lipinski definition) is 3. The number of carboxylic acid groups (broad SMARTS) is 1. The number of nitrogens with one attached hydrogen (secondary N) is 1. The van der Waals surface area contributed by atoms with E-state index in [0.29, 0.717) is 17.9 Å². The molecule has 0 aliphatic carbocycles. The van der Waals surface area contributed by atoms with E-state index in [1.165, 1.54) is 6.42 Å². The van der Waals surface area contributed by atoms with E-state index in [2.05, 4.69) is 31.0 Å². The summed E-state index contributed by atoms with van der Waals surface area (Å²) in [5, 5.41) is 11.8. The second-order valence-electron chi connectivity index (χ2n) is 5.79. The standard InChI is InChI=1S/C12H24N2O2/c1-12(2,3)9-5-6-14(7-9)8-10(13-4)11(15)16/h9-10,13H,5-8H2,1-4H3,(H,15,16). The number of likely N-dealkylation sites (N-methyl/N-ethyl adjacent to an activating group) is 1. The van der Waals surface area contributed by atoms with Crippen molar-refractivity contribution in [2.45, 2.75) is 33.2 Å². The summed E-state index contributed by atoms with van der Waals surface area (Å²) in [6.07, 6.45) is 1.18. The molecule has 1 heterocycles. The van der Waals surface area contributed by atoms with Gasteiger partial charge in [0.05, 0.1) is 0 Å². The van der Waals surface area contributed by atoms with Crippen LogP contribution >= 0.6 is 0 Å². The smallest absolute Gasteiger partial charge is 0.322 e. The van der Waals surface area contributed by atoms with Crippen LogP contribution in [0.15, 0.2) is 0 Å². The summed E-state index contributed by atoms with van der Waals surface area (Å²) in [7, 11) is 1.70. The third-order valence-corrected chi connectivity index (χ3v) is 3.58. The van der Waals surface area contributed by atoms with E-state index in [0.717, 1.165) is 13.1 Å². The average Bonchev–Trinajstić information content (AvgIpc) is 2.61. The quantitative estimate of drug-likeness (QED) is 0.754. The maximum Gasteiger partial charge on any atom is 0.322 e. The third kappa shape index (κ3) is 3.46. The largest absolute Gasteiger partial charge is 0.480 e. The van der Waals surface area contributed by atoms with Crippen LogP contribution < -0.4 is 5.32 Å². The molecule has 4 heteroatoms. The van der Waals surface area contributed by atoms with Gasteiger partial charge in [0.15, 0.2) is 0 Å². The number of likely N-dealkylation sites (tertiary alicyclic amines) is 1. The first-order valence-electron chi connectivity index (χ1n) is 5.97. The molecule has 2 atom stereocenters. The lowest BCUT2D eigenvalue weighted by molar-refractivity contribution is -0.139. The molecule has 1 aliphatic rings. The molecule has 0 aromatic heterocycles. The highest BCUT2D eigenvalue weighted by atomic mass is 16.4. The van der Waals surface area contributed by atoms with Gasteiger partial charge in [-0.25, -0.2) is 0 Å². The first-order valence-corrected chi connectivity index (χ1v) is 5.97. The Kier molecular flexibility index (Phi) is 4.33. The van der Waals surface area contributed by atoms with Crippen LogP contribution in [-0.4, -0.2) is 48.7 Å². The summed E-state index contributed by atoms with van der Waals surface area (Å²) in [6, 6.07) is -0.446. The van der Waals surface area contributed by atoms with Gasteiger partial charge >= 0.3 is 5.97 Å². The fourth-order valence-electron chi connectivity index (χ4n) is 2.26. The van der Waals surface area contributed by atoms with Crippen LogP contribution in [0.25, 0.3) is 0 Å². The molecule has 2 N–H and O–H groups in total. The molecule has 2 unspecified atom stereocenters. The Morgan fingerprint density at radius 2 is 2.19 bits per heavy atom. The van der Waals surface area contributed by atoms with E-state index in [4.69, 9.17) is 5.11 Å². The zero-order chi connectivity index (χ0) is 12.3. The molecule has 94 valence electrons. The van der Waals surface area contributed by atoms with Crippen LogP contribution in [0, 0.1) is 11.3 Å². The van der Waals surface area contributed by atoms with Gasteiger partial charge in [-0.1, -0.05) is 20.8 Å². The lowest BCUT2D eigenvalue weighted by Crippen LogP contribution is -2.44. The van der Waals surface area contributed by atoms with Gasteiger partial charge in [0.2, 0.25) is 0 Å². The summed E-state index contributed by atoms with van der Waals surface area (Å²) >= 11 is 0.